The summed E-state index contributed by atoms with van der Waals surface area (Å²) in [6.45, 7) is 9.71. The van der Waals surface area contributed by atoms with E-state index in [2.05, 4.69) is 41.4 Å². The molecule has 3 heterocycles. The van der Waals surface area contributed by atoms with Crippen molar-refractivity contribution in [3.8, 4) is 0 Å². The van der Waals surface area contributed by atoms with Crippen LogP contribution in [0, 0.1) is 0 Å². The van der Waals surface area contributed by atoms with E-state index in [4.69, 9.17) is 0 Å². The number of piperazine rings is 3. The number of benzene rings is 1. The first-order chi connectivity index (χ1) is 10.7. The number of nitrogens with zero attached hydrogens (tertiary/aromatic N) is 2. The maximum atomic E-state index is 12.4. The summed E-state index contributed by atoms with van der Waals surface area (Å²) in [7, 11) is 0. The summed E-state index contributed by atoms with van der Waals surface area (Å²) in [6, 6.07) is 10.7. The smallest absolute Gasteiger partial charge is 0.275 e. The Hall–Kier alpha value is -1.39. The van der Waals surface area contributed by atoms with E-state index in [0.717, 1.165) is 56.6 Å². The van der Waals surface area contributed by atoms with Crippen molar-refractivity contribution in [1.82, 2.24) is 10.2 Å². The molecule has 1 aromatic rings. The minimum atomic E-state index is 0.232. The number of carbonyl (C=O) groups is 1. The Morgan fingerprint density at radius 1 is 1.18 bits per heavy atom. The van der Waals surface area contributed by atoms with Crippen LogP contribution in [0.5, 0.6) is 0 Å². The van der Waals surface area contributed by atoms with Crippen LogP contribution >= 0.6 is 0 Å². The van der Waals surface area contributed by atoms with Crippen LogP contribution in [0.3, 0.4) is 0 Å². The third-order valence-electron chi connectivity index (χ3n) is 5.27. The third-order valence-corrected chi connectivity index (χ3v) is 5.27. The number of hydrogen-bond donors (Lipinski definition) is 1. The lowest BCUT2D eigenvalue weighted by molar-refractivity contribution is -0.933. The molecule has 1 aromatic carbocycles. The average Bonchev–Trinajstić information content (AvgIpc) is 2.55. The Balaban J connectivity index is 1.43. The fourth-order valence-corrected chi connectivity index (χ4v) is 3.69. The Morgan fingerprint density at radius 2 is 1.82 bits per heavy atom. The first-order valence-electron chi connectivity index (χ1n) is 8.56. The SMILES string of the molecule is C[C@@H](CCc1ccccc1)NC(=O)C[N+]12CCN(CC1)CC2. The number of aryl methyl sites for hydroxylation is 1. The second kappa shape index (κ2) is 6.80. The number of nitrogens with one attached hydrogen (secondary N) is 1. The van der Waals surface area contributed by atoms with E-state index < -0.39 is 0 Å². The highest BCUT2D eigenvalue weighted by Gasteiger charge is 2.39. The Bertz CT molecular complexity index is 481. The largest absolute Gasteiger partial charge is 0.349 e. The molecule has 22 heavy (non-hydrogen) atoms. The standard InChI is InChI=1S/C18H27N3O/c1-16(7-8-17-5-3-2-4-6-17)19-18(22)15-21-12-9-20(10-13-21)11-14-21/h2-6,16H,7-15H2,1H3/p+1/t16-/m0/s1. The van der Waals surface area contributed by atoms with E-state index >= 15 is 0 Å². The molecular weight excluding hydrogens is 274 g/mol. The summed E-state index contributed by atoms with van der Waals surface area (Å²) in [6.07, 6.45) is 2.03. The van der Waals surface area contributed by atoms with Crippen molar-refractivity contribution in [3.05, 3.63) is 35.9 Å². The van der Waals surface area contributed by atoms with Gasteiger partial charge >= 0.3 is 0 Å². The molecule has 0 aromatic heterocycles. The molecule has 0 unspecified atom stereocenters. The zero-order valence-corrected chi connectivity index (χ0v) is 13.6. The second-order valence-corrected chi connectivity index (χ2v) is 7.01. The van der Waals surface area contributed by atoms with Crippen LogP contribution in [0.25, 0.3) is 0 Å². The molecule has 4 heteroatoms. The van der Waals surface area contributed by atoms with Crippen molar-refractivity contribution in [3.63, 3.8) is 0 Å². The zero-order chi connectivity index (χ0) is 15.4. The van der Waals surface area contributed by atoms with Gasteiger partial charge in [0.1, 0.15) is 0 Å². The van der Waals surface area contributed by atoms with Crippen LogP contribution in [-0.2, 0) is 11.2 Å². The van der Waals surface area contributed by atoms with Crippen LogP contribution in [0.15, 0.2) is 30.3 Å². The molecule has 1 N–H and O–H groups in total. The lowest BCUT2D eigenvalue weighted by atomic mass is 10.1. The highest BCUT2D eigenvalue weighted by molar-refractivity contribution is 5.77. The maximum Gasteiger partial charge on any atom is 0.275 e. The molecule has 4 rings (SSSR count). The summed E-state index contributed by atoms with van der Waals surface area (Å²) >= 11 is 0. The summed E-state index contributed by atoms with van der Waals surface area (Å²) in [4.78, 5) is 14.9. The van der Waals surface area contributed by atoms with Gasteiger partial charge in [0, 0.05) is 25.7 Å². The summed E-state index contributed by atoms with van der Waals surface area (Å²) in [5, 5.41) is 3.21. The van der Waals surface area contributed by atoms with Crippen LogP contribution in [0.4, 0.5) is 0 Å². The predicted octanol–water partition coefficient (Wildman–Crippen LogP) is 1.27. The molecule has 3 aliphatic rings. The van der Waals surface area contributed by atoms with Gasteiger partial charge in [0.05, 0.1) is 19.6 Å². The minimum Gasteiger partial charge on any atom is -0.349 e. The van der Waals surface area contributed by atoms with Gasteiger partial charge in [0.2, 0.25) is 0 Å². The number of quaternary nitrogens is 1. The summed E-state index contributed by atoms with van der Waals surface area (Å²) in [5.41, 5.74) is 1.35. The molecule has 1 amide bonds. The first-order valence-corrected chi connectivity index (χ1v) is 8.56. The van der Waals surface area contributed by atoms with E-state index in [0.29, 0.717) is 6.54 Å². The fraction of sp³-hybridized carbons (Fsp3) is 0.611. The highest BCUT2D eigenvalue weighted by Crippen LogP contribution is 2.19. The van der Waals surface area contributed by atoms with Gasteiger partial charge in [0.15, 0.2) is 6.54 Å². The van der Waals surface area contributed by atoms with Gasteiger partial charge in [-0.05, 0) is 25.3 Å². The summed E-state index contributed by atoms with van der Waals surface area (Å²) < 4.78 is 1.01. The molecule has 0 radical (unpaired) electrons. The molecule has 1 atom stereocenters. The molecule has 120 valence electrons. The quantitative estimate of drug-likeness (QED) is 0.803. The number of fused-ring (bicyclic) bond motifs is 3. The van der Waals surface area contributed by atoms with Gasteiger partial charge in [-0.1, -0.05) is 30.3 Å². The average molecular weight is 302 g/mol. The van der Waals surface area contributed by atoms with Crippen molar-refractivity contribution in [2.45, 2.75) is 25.8 Å². The molecule has 3 saturated heterocycles. The summed E-state index contributed by atoms with van der Waals surface area (Å²) in [5.74, 6) is 0.232. The highest BCUT2D eigenvalue weighted by atomic mass is 16.2. The molecule has 0 saturated carbocycles. The Morgan fingerprint density at radius 3 is 2.45 bits per heavy atom. The fourth-order valence-electron chi connectivity index (χ4n) is 3.69. The molecule has 0 aliphatic carbocycles. The van der Waals surface area contributed by atoms with Gasteiger partial charge < -0.3 is 9.80 Å². The van der Waals surface area contributed by atoms with Crippen LogP contribution < -0.4 is 5.32 Å². The topological polar surface area (TPSA) is 32.3 Å². The van der Waals surface area contributed by atoms with Crippen LogP contribution in [0.1, 0.15) is 18.9 Å². The van der Waals surface area contributed by atoms with Crippen molar-refractivity contribution in [1.29, 1.82) is 0 Å². The van der Waals surface area contributed by atoms with E-state index in [1.807, 2.05) is 6.07 Å². The number of rotatable bonds is 6. The zero-order valence-electron chi connectivity index (χ0n) is 13.6. The van der Waals surface area contributed by atoms with Crippen molar-refractivity contribution in [2.24, 2.45) is 0 Å². The van der Waals surface area contributed by atoms with Gasteiger partial charge in [-0.15, -0.1) is 0 Å². The minimum absolute atomic E-state index is 0.232. The van der Waals surface area contributed by atoms with E-state index in [-0.39, 0.29) is 11.9 Å². The van der Waals surface area contributed by atoms with Gasteiger partial charge in [-0.3, -0.25) is 9.69 Å². The second-order valence-electron chi connectivity index (χ2n) is 7.01. The van der Waals surface area contributed by atoms with Crippen LogP contribution in [-0.4, -0.2) is 67.1 Å². The normalized spacial score (nSPS) is 28.3. The van der Waals surface area contributed by atoms with E-state index in [1.54, 1.807) is 0 Å². The maximum absolute atomic E-state index is 12.4. The lowest BCUT2D eigenvalue weighted by Crippen LogP contribution is -2.69. The molecular formula is C18H28N3O+. The van der Waals surface area contributed by atoms with Gasteiger partial charge in [-0.25, -0.2) is 0 Å². The van der Waals surface area contributed by atoms with Crippen molar-refractivity contribution >= 4 is 5.91 Å². The number of amides is 1. The predicted molar refractivity (Wildman–Crippen MR) is 88.5 cm³/mol. The van der Waals surface area contributed by atoms with E-state index in [1.165, 1.54) is 5.56 Å². The molecule has 3 fully saturated rings. The third kappa shape index (κ3) is 3.87. The van der Waals surface area contributed by atoms with Gasteiger partial charge in [0.25, 0.3) is 5.91 Å². The van der Waals surface area contributed by atoms with Gasteiger partial charge in [-0.2, -0.15) is 0 Å². The molecule has 3 aliphatic heterocycles. The number of carbonyl (C=O) groups excluding carboxylic acids is 1. The van der Waals surface area contributed by atoms with Crippen molar-refractivity contribution in [2.75, 3.05) is 45.8 Å². The number of hydrogen-bond acceptors (Lipinski definition) is 2. The van der Waals surface area contributed by atoms with Crippen molar-refractivity contribution < 1.29 is 9.28 Å². The van der Waals surface area contributed by atoms with Crippen LogP contribution in [0.2, 0.25) is 0 Å². The van der Waals surface area contributed by atoms with E-state index in [9.17, 15) is 4.79 Å². The first kappa shape index (κ1) is 15.5. The Kier molecular flexibility index (Phi) is 4.79. The molecule has 2 bridgehead atoms. The molecule has 4 nitrogen and oxygen atoms in total. The monoisotopic (exact) mass is 302 g/mol. The lowest BCUT2D eigenvalue weighted by Gasteiger charge is -2.50. The Labute approximate surface area is 133 Å². The molecule has 0 spiro atoms.